The van der Waals surface area contributed by atoms with Gasteiger partial charge >= 0.3 is 5.97 Å². The Morgan fingerprint density at radius 2 is 1.95 bits per heavy atom. The van der Waals surface area contributed by atoms with Gasteiger partial charge in [0.25, 0.3) is 5.91 Å². The minimum Gasteiger partial charge on any atom is -0.494 e. The molecular formula is C15H20FNO4. The van der Waals surface area contributed by atoms with Gasteiger partial charge in [-0.05, 0) is 31.0 Å². The Kier molecular flexibility index (Phi) is 6.14. The highest BCUT2D eigenvalue weighted by Crippen LogP contribution is 2.18. The zero-order valence-corrected chi connectivity index (χ0v) is 12.6. The summed E-state index contributed by atoms with van der Waals surface area (Å²) < 4.78 is 23.3. The predicted octanol–water partition coefficient (Wildman–Crippen LogP) is 2.15. The Morgan fingerprint density at radius 3 is 2.48 bits per heavy atom. The van der Waals surface area contributed by atoms with E-state index in [0.717, 1.165) is 6.07 Å². The fourth-order valence-corrected chi connectivity index (χ4v) is 1.52. The molecule has 116 valence electrons. The summed E-state index contributed by atoms with van der Waals surface area (Å²) in [4.78, 5) is 23.5. The van der Waals surface area contributed by atoms with E-state index in [1.54, 1.807) is 0 Å². The number of carbonyl (C=O) groups excluding carboxylic acids is 2. The number of benzene rings is 1. The zero-order valence-electron chi connectivity index (χ0n) is 12.6. The summed E-state index contributed by atoms with van der Waals surface area (Å²) in [5.74, 6) is -1.47. The Balaban J connectivity index is 2.64. The van der Waals surface area contributed by atoms with Crippen LogP contribution >= 0.6 is 0 Å². The molecule has 0 aliphatic heterocycles. The molecular weight excluding hydrogens is 277 g/mol. The number of methoxy groups -OCH3 is 1. The summed E-state index contributed by atoms with van der Waals surface area (Å²) in [6, 6.07) is 3.72. The first-order valence-corrected chi connectivity index (χ1v) is 6.67. The molecule has 1 aromatic carbocycles. The molecule has 21 heavy (non-hydrogen) atoms. The number of carbonyl (C=O) groups is 2. The molecule has 1 atom stereocenters. The number of rotatable bonds is 6. The van der Waals surface area contributed by atoms with Gasteiger partial charge in [-0.3, -0.25) is 4.79 Å². The second-order valence-corrected chi connectivity index (χ2v) is 5.04. The molecule has 1 rings (SSSR count). The van der Waals surface area contributed by atoms with Crippen molar-refractivity contribution in [3.8, 4) is 5.75 Å². The molecule has 6 heteroatoms. The lowest BCUT2D eigenvalue weighted by Gasteiger charge is -2.14. The fourth-order valence-electron chi connectivity index (χ4n) is 1.52. The van der Waals surface area contributed by atoms with Crippen molar-refractivity contribution in [1.82, 2.24) is 5.32 Å². The highest BCUT2D eigenvalue weighted by Gasteiger charge is 2.19. The smallest absolute Gasteiger partial charge is 0.339 e. The minimum atomic E-state index is -0.943. The Labute approximate surface area is 123 Å². The molecule has 0 fully saturated rings. The van der Waals surface area contributed by atoms with Crippen LogP contribution in [0.25, 0.3) is 0 Å². The first-order chi connectivity index (χ1) is 9.85. The van der Waals surface area contributed by atoms with E-state index in [2.05, 4.69) is 5.32 Å². The molecule has 0 spiro atoms. The van der Waals surface area contributed by atoms with Crippen molar-refractivity contribution in [3.05, 3.63) is 29.6 Å². The first-order valence-electron chi connectivity index (χ1n) is 6.67. The van der Waals surface area contributed by atoms with E-state index < -0.39 is 17.9 Å². The summed E-state index contributed by atoms with van der Waals surface area (Å²) in [6.45, 7) is 5.87. The maximum Gasteiger partial charge on any atom is 0.339 e. The molecule has 0 aromatic heterocycles. The SMILES string of the molecule is COc1ccc(C(=O)O[C@H](C)C(=O)NCC(C)C)cc1F. The number of nitrogens with one attached hydrogen (secondary N) is 1. The van der Waals surface area contributed by atoms with Gasteiger partial charge in [0.15, 0.2) is 17.7 Å². The average molecular weight is 297 g/mol. The lowest BCUT2D eigenvalue weighted by atomic mass is 10.2. The number of amides is 1. The van der Waals surface area contributed by atoms with Crippen LogP contribution < -0.4 is 10.1 Å². The summed E-state index contributed by atoms with van der Waals surface area (Å²) in [5, 5.41) is 2.66. The molecule has 0 saturated heterocycles. The van der Waals surface area contributed by atoms with E-state index in [0.29, 0.717) is 12.5 Å². The van der Waals surface area contributed by atoms with Gasteiger partial charge in [-0.25, -0.2) is 9.18 Å². The third-order valence-corrected chi connectivity index (χ3v) is 2.73. The number of hydrogen-bond acceptors (Lipinski definition) is 4. The molecule has 1 N–H and O–H groups in total. The third-order valence-electron chi connectivity index (χ3n) is 2.73. The monoisotopic (exact) mass is 297 g/mol. The summed E-state index contributed by atoms with van der Waals surface area (Å²) in [5.41, 5.74) is 0.0248. The lowest BCUT2D eigenvalue weighted by Crippen LogP contribution is -2.37. The van der Waals surface area contributed by atoms with Gasteiger partial charge in [-0.15, -0.1) is 0 Å². The van der Waals surface area contributed by atoms with Gasteiger partial charge in [0.2, 0.25) is 0 Å². The fraction of sp³-hybridized carbons (Fsp3) is 0.467. The Bertz CT molecular complexity index is 516. The second kappa shape index (κ2) is 7.61. The number of halogens is 1. The van der Waals surface area contributed by atoms with Crippen molar-refractivity contribution < 1.29 is 23.5 Å². The Morgan fingerprint density at radius 1 is 1.29 bits per heavy atom. The van der Waals surface area contributed by atoms with Crippen molar-refractivity contribution in [2.24, 2.45) is 5.92 Å². The van der Waals surface area contributed by atoms with Crippen molar-refractivity contribution >= 4 is 11.9 Å². The molecule has 0 aliphatic rings. The van der Waals surface area contributed by atoms with E-state index in [4.69, 9.17) is 9.47 Å². The van der Waals surface area contributed by atoms with Crippen LogP contribution in [0, 0.1) is 11.7 Å². The van der Waals surface area contributed by atoms with E-state index in [1.807, 2.05) is 13.8 Å². The Hall–Kier alpha value is -2.11. The summed E-state index contributed by atoms with van der Waals surface area (Å²) in [6.07, 6.45) is -0.943. The molecule has 0 saturated carbocycles. The van der Waals surface area contributed by atoms with Crippen molar-refractivity contribution in [3.63, 3.8) is 0 Å². The topological polar surface area (TPSA) is 64.6 Å². The molecule has 0 aliphatic carbocycles. The molecule has 1 aromatic rings. The van der Waals surface area contributed by atoms with Gasteiger partial charge in [-0.2, -0.15) is 0 Å². The van der Waals surface area contributed by atoms with Crippen LogP contribution in [0.2, 0.25) is 0 Å². The highest BCUT2D eigenvalue weighted by molar-refractivity contribution is 5.92. The van der Waals surface area contributed by atoms with E-state index in [1.165, 1.54) is 26.2 Å². The van der Waals surface area contributed by atoms with E-state index >= 15 is 0 Å². The van der Waals surface area contributed by atoms with Crippen LogP contribution in [0.1, 0.15) is 31.1 Å². The van der Waals surface area contributed by atoms with Gasteiger partial charge in [-0.1, -0.05) is 13.8 Å². The van der Waals surface area contributed by atoms with Crippen molar-refractivity contribution in [1.29, 1.82) is 0 Å². The maximum absolute atomic E-state index is 13.5. The van der Waals surface area contributed by atoms with Crippen LogP contribution in [-0.4, -0.2) is 31.6 Å². The molecule has 0 radical (unpaired) electrons. The predicted molar refractivity (Wildman–Crippen MR) is 75.7 cm³/mol. The standard InChI is InChI=1S/C15H20FNO4/c1-9(2)8-17-14(18)10(3)21-15(19)11-5-6-13(20-4)12(16)7-11/h5-7,9-10H,8H2,1-4H3,(H,17,18)/t10-/m1/s1. The van der Waals surface area contributed by atoms with Gasteiger partial charge in [0.05, 0.1) is 12.7 Å². The average Bonchev–Trinajstić information content (AvgIpc) is 2.44. The number of hydrogen-bond donors (Lipinski definition) is 1. The third kappa shape index (κ3) is 5.06. The minimum absolute atomic E-state index is 0.0248. The van der Waals surface area contributed by atoms with Crippen LogP contribution in [0.4, 0.5) is 4.39 Å². The molecule has 5 nitrogen and oxygen atoms in total. The van der Waals surface area contributed by atoms with E-state index in [-0.39, 0.29) is 17.2 Å². The number of ether oxygens (including phenoxy) is 2. The largest absolute Gasteiger partial charge is 0.494 e. The van der Waals surface area contributed by atoms with E-state index in [9.17, 15) is 14.0 Å². The zero-order chi connectivity index (χ0) is 16.0. The van der Waals surface area contributed by atoms with Crippen LogP contribution in [0.5, 0.6) is 5.75 Å². The summed E-state index contributed by atoms with van der Waals surface area (Å²) >= 11 is 0. The van der Waals surface area contributed by atoms with Crippen molar-refractivity contribution in [2.75, 3.05) is 13.7 Å². The molecule has 0 heterocycles. The second-order valence-electron chi connectivity index (χ2n) is 5.04. The normalized spacial score (nSPS) is 11.9. The quantitative estimate of drug-likeness (QED) is 0.817. The molecule has 1 amide bonds. The summed E-state index contributed by atoms with van der Waals surface area (Å²) in [7, 11) is 1.33. The van der Waals surface area contributed by atoms with Gasteiger partial charge < -0.3 is 14.8 Å². The molecule has 0 bridgehead atoms. The van der Waals surface area contributed by atoms with Gasteiger partial charge in [0.1, 0.15) is 0 Å². The van der Waals surface area contributed by atoms with Crippen LogP contribution in [-0.2, 0) is 9.53 Å². The number of esters is 1. The van der Waals surface area contributed by atoms with Crippen LogP contribution in [0.15, 0.2) is 18.2 Å². The lowest BCUT2D eigenvalue weighted by molar-refractivity contribution is -0.129. The highest BCUT2D eigenvalue weighted by atomic mass is 19.1. The van der Waals surface area contributed by atoms with Gasteiger partial charge in [0, 0.05) is 6.54 Å². The maximum atomic E-state index is 13.5. The van der Waals surface area contributed by atoms with Crippen LogP contribution in [0.3, 0.4) is 0 Å². The molecule has 0 unspecified atom stereocenters. The van der Waals surface area contributed by atoms with Crippen molar-refractivity contribution in [2.45, 2.75) is 26.9 Å². The first kappa shape index (κ1) is 16.9.